The summed E-state index contributed by atoms with van der Waals surface area (Å²) in [5, 5.41) is 30.0. The van der Waals surface area contributed by atoms with Crippen molar-refractivity contribution in [2.45, 2.75) is 51.6 Å². The fraction of sp³-hybridized carbons (Fsp3) is 0.536. The van der Waals surface area contributed by atoms with Gasteiger partial charge in [-0.3, -0.25) is 4.79 Å². The van der Waals surface area contributed by atoms with Gasteiger partial charge in [0.2, 0.25) is 0 Å². The van der Waals surface area contributed by atoms with Crippen LogP contribution in [-0.2, 0) is 14.3 Å². The predicted molar refractivity (Wildman–Crippen MR) is 153 cm³/mol. The predicted octanol–water partition coefficient (Wildman–Crippen LogP) is -1.23. The third kappa shape index (κ3) is 7.94. The number of rotatable bonds is 13. The Hall–Kier alpha value is -3.88. The average molecular weight is 617 g/mol. The molecule has 4 rings (SSSR count). The van der Waals surface area contributed by atoms with Crippen LogP contribution in [0, 0.1) is 5.92 Å². The van der Waals surface area contributed by atoms with Crippen molar-refractivity contribution in [3.63, 3.8) is 0 Å². The molecule has 1 amide bonds. The number of carbonyl (C=O) groups is 3. The number of aliphatic carboxylic acids is 1. The number of ether oxygens (including phenoxy) is 1. The molecule has 15 heteroatoms. The first-order chi connectivity index (χ1) is 20.3. The number of nitrogens with two attached hydrogens (primary N) is 1. The molecule has 0 spiro atoms. The molecule has 3 aromatic rings. The van der Waals surface area contributed by atoms with Crippen LogP contribution >= 0.6 is 0 Å². The number of aromatic nitrogens is 6. The molecule has 0 aliphatic carbocycles. The first-order valence-electron chi connectivity index (χ1n) is 14.3. The van der Waals surface area contributed by atoms with E-state index in [1.807, 2.05) is 13.8 Å². The molecule has 14 nitrogen and oxygen atoms in total. The van der Waals surface area contributed by atoms with Crippen molar-refractivity contribution in [2.24, 2.45) is 11.7 Å². The van der Waals surface area contributed by atoms with Gasteiger partial charge in [-0.25, -0.2) is 19.0 Å². The molecular formula is C28H39ClN9O5-. The van der Waals surface area contributed by atoms with Crippen LogP contribution in [0.1, 0.15) is 62.0 Å². The highest BCUT2D eigenvalue weighted by Crippen LogP contribution is 2.29. The molecule has 0 bridgehead atoms. The van der Waals surface area contributed by atoms with E-state index in [1.165, 1.54) is 16.5 Å². The molecule has 0 saturated carbocycles. The largest absolute Gasteiger partial charge is 1.00 e. The number of hydrogen-bond donors (Lipinski definition) is 3. The number of benzene rings is 1. The number of unbranched alkanes of at least 4 members (excludes halogenated alkanes) is 1. The normalized spacial score (nSPS) is 15.3. The Labute approximate surface area is 256 Å². The second-order valence-electron chi connectivity index (χ2n) is 10.5. The third-order valence-corrected chi connectivity index (χ3v) is 7.64. The molecule has 2 aromatic heterocycles. The van der Waals surface area contributed by atoms with Crippen molar-refractivity contribution in [2.75, 3.05) is 39.8 Å². The fourth-order valence-corrected chi connectivity index (χ4v) is 5.02. The number of carboxylic acids is 1. The first-order valence-corrected chi connectivity index (χ1v) is 14.3. The van der Waals surface area contributed by atoms with Crippen molar-refractivity contribution < 1.29 is 36.6 Å². The molecule has 4 N–H and O–H groups in total. The lowest BCUT2D eigenvalue weighted by Crippen LogP contribution is -3.00. The molecular weight excluding hydrogens is 578 g/mol. The van der Waals surface area contributed by atoms with E-state index >= 15 is 0 Å². The summed E-state index contributed by atoms with van der Waals surface area (Å²) in [7, 11) is 1.33. The SMILES string of the molecule is CCC(C)C(C(=O)O)n1cc(-c2cc(C(=O)N3CCNCC3)cc(-c3cn(C(CCCCN)C(=O)OC)nn3)c2)nn1.[Cl-]. The van der Waals surface area contributed by atoms with Gasteiger partial charge in [0.15, 0.2) is 12.1 Å². The van der Waals surface area contributed by atoms with Crippen LogP contribution in [0.2, 0.25) is 0 Å². The number of halogens is 1. The molecule has 3 atom stereocenters. The summed E-state index contributed by atoms with van der Waals surface area (Å²) in [4.78, 5) is 39.9. The van der Waals surface area contributed by atoms with Gasteiger partial charge in [-0.05, 0) is 49.9 Å². The highest BCUT2D eigenvalue weighted by Gasteiger charge is 2.28. The Morgan fingerprint density at radius 1 is 1.02 bits per heavy atom. The monoisotopic (exact) mass is 616 g/mol. The van der Waals surface area contributed by atoms with E-state index in [0.717, 1.165) is 6.42 Å². The Balaban J connectivity index is 0.00000506. The van der Waals surface area contributed by atoms with Crippen LogP contribution in [0.4, 0.5) is 0 Å². The Morgan fingerprint density at radius 3 is 2.19 bits per heavy atom. The van der Waals surface area contributed by atoms with Crippen molar-refractivity contribution in [3.8, 4) is 22.5 Å². The van der Waals surface area contributed by atoms with Gasteiger partial charge >= 0.3 is 11.9 Å². The maximum Gasteiger partial charge on any atom is 0.330 e. The highest BCUT2D eigenvalue weighted by atomic mass is 35.5. The number of methoxy groups -OCH3 is 1. The lowest BCUT2D eigenvalue weighted by Gasteiger charge is -2.27. The molecule has 1 aliphatic heterocycles. The average Bonchev–Trinajstić information content (AvgIpc) is 3.69. The fourth-order valence-electron chi connectivity index (χ4n) is 5.02. The van der Waals surface area contributed by atoms with Gasteiger partial charge in [-0.2, -0.15) is 0 Å². The van der Waals surface area contributed by atoms with Crippen LogP contribution in [0.25, 0.3) is 22.5 Å². The minimum absolute atomic E-state index is 0. The van der Waals surface area contributed by atoms with E-state index in [4.69, 9.17) is 10.5 Å². The molecule has 3 heterocycles. The number of amides is 1. The Bertz CT molecular complexity index is 1390. The smallest absolute Gasteiger partial charge is 0.330 e. The van der Waals surface area contributed by atoms with Crippen LogP contribution in [0.15, 0.2) is 30.6 Å². The van der Waals surface area contributed by atoms with Crippen molar-refractivity contribution >= 4 is 17.8 Å². The quantitative estimate of drug-likeness (QED) is 0.154. The van der Waals surface area contributed by atoms with Crippen LogP contribution < -0.4 is 23.5 Å². The van der Waals surface area contributed by atoms with Crippen molar-refractivity contribution in [1.29, 1.82) is 0 Å². The topological polar surface area (TPSA) is 183 Å². The maximum absolute atomic E-state index is 13.6. The minimum atomic E-state index is -0.993. The van der Waals surface area contributed by atoms with Gasteiger partial charge in [0.05, 0.1) is 19.5 Å². The summed E-state index contributed by atoms with van der Waals surface area (Å²) in [5.41, 5.74) is 8.09. The molecule has 0 radical (unpaired) electrons. The van der Waals surface area contributed by atoms with E-state index in [2.05, 4.69) is 25.9 Å². The second kappa shape index (κ2) is 15.5. The molecule has 1 aromatic carbocycles. The van der Waals surface area contributed by atoms with E-state index < -0.39 is 24.0 Å². The van der Waals surface area contributed by atoms with Crippen molar-refractivity contribution in [3.05, 3.63) is 36.2 Å². The van der Waals surface area contributed by atoms with E-state index in [-0.39, 0.29) is 24.2 Å². The van der Waals surface area contributed by atoms with E-state index in [9.17, 15) is 19.5 Å². The zero-order valence-corrected chi connectivity index (χ0v) is 25.4. The standard InChI is InChI=1S/C28H39N9O5.ClH/c1-4-18(2)25(27(39)40)37-17-23(32-34-37)20-13-19(14-21(15-20)26(38)35-11-9-30-10-12-35)22-16-36(33-31-22)24(28(41)42-3)7-5-6-8-29;/h13-18,24-25,30H,4-12,29H2,1-3H3,(H,39,40);1H/p-1. The van der Waals surface area contributed by atoms with Gasteiger partial charge < -0.3 is 38.2 Å². The van der Waals surface area contributed by atoms with Gasteiger partial charge in [0.1, 0.15) is 11.4 Å². The summed E-state index contributed by atoms with van der Waals surface area (Å²) >= 11 is 0. The summed E-state index contributed by atoms with van der Waals surface area (Å²) in [6.45, 7) is 6.84. The number of nitrogens with zero attached hydrogens (tertiary/aromatic N) is 7. The molecule has 1 aliphatic rings. The van der Waals surface area contributed by atoms with Gasteiger partial charge in [-0.1, -0.05) is 30.7 Å². The molecule has 234 valence electrons. The number of nitrogens with one attached hydrogen (secondary N) is 1. The van der Waals surface area contributed by atoms with E-state index in [0.29, 0.717) is 80.1 Å². The summed E-state index contributed by atoms with van der Waals surface area (Å²) in [5.74, 6) is -1.74. The number of carboxylic acid groups (broad SMARTS) is 1. The molecule has 43 heavy (non-hydrogen) atoms. The number of esters is 1. The summed E-state index contributed by atoms with van der Waals surface area (Å²) < 4.78 is 7.83. The van der Waals surface area contributed by atoms with Gasteiger partial charge in [0.25, 0.3) is 5.91 Å². The lowest BCUT2D eigenvalue weighted by atomic mass is 9.99. The van der Waals surface area contributed by atoms with Crippen LogP contribution in [0.3, 0.4) is 0 Å². The zero-order valence-electron chi connectivity index (χ0n) is 24.6. The molecule has 1 saturated heterocycles. The van der Waals surface area contributed by atoms with Crippen LogP contribution in [-0.4, -0.2) is 97.7 Å². The zero-order chi connectivity index (χ0) is 30.2. The third-order valence-electron chi connectivity index (χ3n) is 7.64. The Kier molecular flexibility index (Phi) is 12.2. The van der Waals surface area contributed by atoms with Gasteiger partial charge in [-0.15, -0.1) is 10.2 Å². The maximum atomic E-state index is 13.6. The lowest BCUT2D eigenvalue weighted by molar-refractivity contribution is -0.145. The first kappa shape index (κ1) is 33.6. The van der Waals surface area contributed by atoms with Crippen molar-refractivity contribution in [1.82, 2.24) is 40.2 Å². The molecule has 3 unspecified atom stereocenters. The molecule has 1 fully saturated rings. The van der Waals surface area contributed by atoms with E-state index in [1.54, 1.807) is 35.5 Å². The number of hydrogen-bond acceptors (Lipinski definition) is 10. The highest BCUT2D eigenvalue weighted by molar-refractivity contribution is 5.97. The second-order valence-corrected chi connectivity index (χ2v) is 10.5. The minimum Gasteiger partial charge on any atom is -1.00 e. The summed E-state index contributed by atoms with van der Waals surface area (Å²) in [6, 6.07) is 3.73. The van der Waals surface area contributed by atoms with Gasteiger partial charge in [0, 0.05) is 42.9 Å². The number of carbonyl (C=O) groups excluding carboxylic acids is 2. The number of piperazine rings is 1. The Morgan fingerprint density at radius 2 is 1.63 bits per heavy atom. The van der Waals surface area contributed by atoms with Crippen LogP contribution in [0.5, 0.6) is 0 Å². The summed E-state index contributed by atoms with van der Waals surface area (Å²) in [6.07, 6.45) is 5.86.